The van der Waals surface area contributed by atoms with Crippen LogP contribution in [0.3, 0.4) is 0 Å². The van der Waals surface area contributed by atoms with Crippen molar-refractivity contribution in [1.29, 1.82) is 0 Å². The Kier molecular flexibility index (Phi) is 4.75. The molecule has 7 heteroatoms. The van der Waals surface area contributed by atoms with E-state index >= 15 is 0 Å². The number of pyridine rings is 1. The topological polar surface area (TPSA) is 47.0 Å². The predicted molar refractivity (Wildman–Crippen MR) is 101 cm³/mol. The molecule has 0 aliphatic heterocycles. The lowest BCUT2D eigenvalue weighted by Crippen LogP contribution is -2.09. The summed E-state index contributed by atoms with van der Waals surface area (Å²) in [5, 5.41) is 7.65. The predicted octanol–water partition coefficient (Wildman–Crippen LogP) is 5.60. The first-order valence-electron chi connectivity index (χ1n) is 7.04. The smallest absolute Gasteiger partial charge is 0.183 e. The molecule has 0 spiro atoms. The number of hydrogen-bond acceptors (Lipinski definition) is 5. The molecule has 0 fully saturated rings. The van der Waals surface area contributed by atoms with E-state index in [1.165, 1.54) is 0 Å². The van der Waals surface area contributed by atoms with Gasteiger partial charge in [0, 0.05) is 16.8 Å². The summed E-state index contributed by atoms with van der Waals surface area (Å²) in [6.45, 7) is 4.16. The van der Waals surface area contributed by atoms with Crippen molar-refractivity contribution in [2.45, 2.75) is 19.9 Å². The summed E-state index contributed by atoms with van der Waals surface area (Å²) in [4.78, 5) is 9.29. The first kappa shape index (κ1) is 16.5. The second kappa shape index (κ2) is 6.63. The number of anilines is 1. The molecule has 1 aromatic carbocycles. The Balaban J connectivity index is 2.11. The molecule has 120 valence electrons. The van der Waals surface area contributed by atoms with Crippen molar-refractivity contribution in [1.82, 2.24) is 9.97 Å². The molecule has 0 saturated heterocycles. The third kappa shape index (κ3) is 3.29. The molecule has 3 rings (SSSR count). The van der Waals surface area contributed by atoms with Crippen molar-refractivity contribution < 1.29 is 4.74 Å². The van der Waals surface area contributed by atoms with E-state index < -0.39 is 0 Å². The maximum absolute atomic E-state index is 6.43. The molecular weight excluding hydrogens is 398 g/mol. The highest BCUT2D eigenvalue weighted by molar-refractivity contribution is 9.10. The third-order valence-electron chi connectivity index (χ3n) is 3.23. The summed E-state index contributed by atoms with van der Waals surface area (Å²) in [5.74, 6) is 0.721. The Morgan fingerprint density at radius 2 is 2.04 bits per heavy atom. The van der Waals surface area contributed by atoms with Gasteiger partial charge < -0.3 is 10.1 Å². The first-order valence-corrected chi connectivity index (χ1v) is 9.10. The van der Waals surface area contributed by atoms with Crippen LogP contribution in [0.5, 0.6) is 5.75 Å². The third-order valence-corrected chi connectivity index (χ3v) is 5.08. The second-order valence-electron chi connectivity index (χ2n) is 5.30. The van der Waals surface area contributed by atoms with E-state index in [1.807, 2.05) is 23.6 Å². The monoisotopic (exact) mass is 411 g/mol. The van der Waals surface area contributed by atoms with Gasteiger partial charge in [-0.2, -0.15) is 0 Å². The van der Waals surface area contributed by atoms with E-state index in [0.29, 0.717) is 11.1 Å². The number of benzene rings is 1. The molecule has 0 radical (unpaired) electrons. The van der Waals surface area contributed by atoms with E-state index in [2.05, 4.69) is 40.1 Å². The standard InChI is InChI=1S/C16H15BrClN3OS/c1-8(2)19-16-21-12(7-23-16)11-6-10(18)9-4-5-13(22-3)14(17)15(9)20-11/h4-8H,1-3H3,(H,19,21). The minimum absolute atomic E-state index is 0.334. The highest BCUT2D eigenvalue weighted by Crippen LogP contribution is 2.37. The Morgan fingerprint density at radius 1 is 1.26 bits per heavy atom. The number of nitrogens with zero attached hydrogens (tertiary/aromatic N) is 2. The summed E-state index contributed by atoms with van der Waals surface area (Å²) in [6.07, 6.45) is 0. The van der Waals surface area contributed by atoms with Crippen molar-refractivity contribution >= 4 is 54.9 Å². The van der Waals surface area contributed by atoms with Crippen molar-refractivity contribution in [2.75, 3.05) is 12.4 Å². The van der Waals surface area contributed by atoms with Gasteiger partial charge in [-0.3, -0.25) is 0 Å². The maximum Gasteiger partial charge on any atom is 0.183 e. The molecule has 4 nitrogen and oxygen atoms in total. The van der Waals surface area contributed by atoms with Crippen LogP contribution in [0.25, 0.3) is 22.3 Å². The Hall–Kier alpha value is -1.37. The van der Waals surface area contributed by atoms with Gasteiger partial charge in [0.15, 0.2) is 5.13 Å². The van der Waals surface area contributed by atoms with E-state index in [-0.39, 0.29) is 0 Å². The van der Waals surface area contributed by atoms with Gasteiger partial charge in [0.2, 0.25) is 0 Å². The first-order chi connectivity index (χ1) is 11.0. The highest BCUT2D eigenvalue weighted by atomic mass is 79.9. The van der Waals surface area contributed by atoms with Gasteiger partial charge >= 0.3 is 0 Å². The van der Waals surface area contributed by atoms with Crippen LogP contribution in [0.1, 0.15) is 13.8 Å². The van der Waals surface area contributed by atoms with Gasteiger partial charge in [-0.1, -0.05) is 11.6 Å². The van der Waals surface area contributed by atoms with Gasteiger partial charge in [-0.25, -0.2) is 9.97 Å². The SMILES string of the molecule is COc1ccc2c(Cl)cc(-c3csc(NC(C)C)n3)nc2c1Br. The van der Waals surface area contributed by atoms with E-state index in [0.717, 1.165) is 37.6 Å². The molecule has 0 aliphatic carbocycles. The van der Waals surface area contributed by atoms with E-state index in [9.17, 15) is 0 Å². The molecule has 0 aliphatic rings. The second-order valence-corrected chi connectivity index (χ2v) is 7.36. The van der Waals surface area contributed by atoms with Gasteiger partial charge in [-0.15, -0.1) is 11.3 Å². The minimum atomic E-state index is 0.334. The lowest BCUT2D eigenvalue weighted by atomic mass is 10.1. The maximum atomic E-state index is 6.43. The zero-order valence-electron chi connectivity index (χ0n) is 12.9. The molecule has 23 heavy (non-hydrogen) atoms. The largest absolute Gasteiger partial charge is 0.495 e. The van der Waals surface area contributed by atoms with Crippen molar-refractivity contribution in [3.8, 4) is 17.1 Å². The number of ether oxygens (including phenoxy) is 1. The van der Waals surface area contributed by atoms with Crippen LogP contribution < -0.4 is 10.1 Å². The number of hydrogen-bond donors (Lipinski definition) is 1. The van der Waals surface area contributed by atoms with Crippen molar-refractivity contribution in [3.63, 3.8) is 0 Å². The van der Waals surface area contributed by atoms with Gasteiger partial charge in [0.05, 0.1) is 27.8 Å². The number of fused-ring (bicyclic) bond motifs is 1. The fourth-order valence-electron chi connectivity index (χ4n) is 2.19. The van der Waals surface area contributed by atoms with Crippen LogP contribution in [-0.2, 0) is 0 Å². The van der Waals surface area contributed by atoms with E-state index in [1.54, 1.807) is 18.4 Å². The molecular formula is C16H15BrClN3OS. The molecule has 0 amide bonds. The fourth-order valence-corrected chi connectivity index (χ4v) is 3.90. The molecule has 0 atom stereocenters. The average Bonchev–Trinajstić information content (AvgIpc) is 2.96. The fraction of sp³-hybridized carbons (Fsp3) is 0.250. The molecule has 0 saturated carbocycles. The normalized spacial score (nSPS) is 11.2. The summed E-state index contributed by atoms with van der Waals surface area (Å²) < 4.78 is 6.12. The summed E-state index contributed by atoms with van der Waals surface area (Å²) in [7, 11) is 1.63. The van der Waals surface area contributed by atoms with Crippen LogP contribution in [0.4, 0.5) is 5.13 Å². The summed E-state index contributed by atoms with van der Waals surface area (Å²) in [6, 6.07) is 5.95. The van der Waals surface area contributed by atoms with Crippen LogP contribution in [0, 0.1) is 0 Å². The zero-order chi connectivity index (χ0) is 16.6. The minimum Gasteiger partial charge on any atom is -0.495 e. The molecule has 3 aromatic rings. The number of halogens is 2. The number of thiazole rings is 1. The van der Waals surface area contributed by atoms with Crippen LogP contribution in [-0.4, -0.2) is 23.1 Å². The summed E-state index contributed by atoms with van der Waals surface area (Å²) >= 11 is 11.5. The molecule has 1 N–H and O–H groups in total. The lowest BCUT2D eigenvalue weighted by Gasteiger charge is -2.09. The molecule has 2 heterocycles. The van der Waals surface area contributed by atoms with Crippen LogP contribution in [0.15, 0.2) is 28.1 Å². The number of nitrogens with one attached hydrogen (secondary N) is 1. The van der Waals surface area contributed by atoms with Crippen molar-refractivity contribution in [3.05, 3.63) is 33.1 Å². The average molecular weight is 413 g/mol. The quantitative estimate of drug-likeness (QED) is 0.605. The van der Waals surface area contributed by atoms with Crippen molar-refractivity contribution in [2.24, 2.45) is 0 Å². The van der Waals surface area contributed by atoms with E-state index in [4.69, 9.17) is 21.3 Å². The Morgan fingerprint density at radius 3 is 2.74 bits per heavy atom. The Labute approximate surface area is 152 Å². The summed E-state index contributed by atoms with van der Waals surface area (Å²) in [5.41, 5.74) is 2.30. The zero-order valence-corrected chi connectivity index (χ0v) is 16.0. The van der Waals surface area contributed by atoms with Crippen LogP contribution in [0.2, 0.25) is 5.02 Å². The molecule has 2 aromatic heterocycles. The lowest BCUT2D eigenvalue weighted by molar-refractivity contribution is 0.413. The Bertz CT molecular complexity index is 866. The van der Waals surface area contributed by atoms with Gasteiger partial charge in [0.1, 0.15) is 11.4 Å². The number of rotatable bonds is 4. The van der Waals surface area contributed by atoms with Gasteiger partial charge in [-0.05, 0) is 48.0 Å². The highest BCUT2D eigenvalue weighted by Gasteiger charge is 2.14. The molecule has 0 unspecified atom stereocenters. The number of aromatic nitrogens is 2. The number of methoxy groups -OCH3 is 1. The molecule has 0 bridgehead atoms. The van der Waals surface area contributed by atoms with Crippen LogP contribution >= 0.6 is 38.9 Å². The van der Waals surface area contributed by atoms with Gasteiger partial charge in [0.25, 0.3) is 0 Å².